The van der Waals surface area contributed by atoms with E-state index in [1.54, 1.807) is 11.3 Å². The van der Waals surface area contributed by atoms with Crippen LogP contribution < -0.4 is 11.1 Å². The normalized spacial score (nSPS) is 13.1. The molecular formula is C14H21N3S. The van der Waals surface area contributed by atoms with E-state index in [2.05, 4.69) is 43.2 Å². The maximum Gasteiger partial charge on any atom is 0.106 e. The minimum Gasteiger partial charge on any atom is -0.395 e. The van der Waals surface area contributed by atoms with Crippen molar-refractivity contribution in [3.8, 4) is 0 Å². The van der Waals surface area contributed by atoms with Crippen LogP contribution in [-0.4, -0.2) is 11.0 Å². The van der Waals surface area contributed by atoms with E-state index in [0.717, 1.165) is 33.9 Å². The molecule has 0 aliphatic carbocycles. The molecule has 3 N–H and O–H groups in total. The van der Waals surface area contributed by atoms with Gasteiger partial charge in [0, 0.05) is 6.04 Å². The predicted molar refractivity (Wildman–Crippen MR) is 81.2 cm³/mol. The molecule has 1 heterocycles. The zero-order valence-corrected chi connectivity index (χ0v) is 12.1. The van der Waals surface area contributed by atoms with Crippen LogP contribution in [0.25, 0.3) is 10.2 Å². The molecule has 2 rings (SSSR count). The molecule has 0 saturated heterocycles. The predicted octanol–water partition coefficient (Wildman–Crippen LogP) is 4.12. The number of rotatable bonds is 5. The number of thiazole rings is 1. The van der Waals surface area contributed by atoms with Crippen molar-refractivity contribution in [2.45, 2.75) is 39.7 Å². The van der Waals surface area contributed by atoms with Crippen LogP contribution in [0.3, 0.4) is 0 Å². The number of hydrogen-bond donors (Lipinski definition) is 2. The fourth-order valence-electron chi connectivity index (χ4n) is 2.00. The van der Waals surface area contributed by atoms with Gasteiger partial charge in [-0.1, -0.05) is 13.8 Å². The SMILES string of the molecule is CC(C)CCC(C)Nc1ccc2scnc2c1N. The number of nitrogens with two attached hydrogens (primary N) is 1. The lowest BCUT2D eigenvalue weighted by Gasteiger charge is -2.17. The zero-order valence-electron chi connectivity index (χ0n) is 11.2. The van der Waals surface area contributed by atoms with Crippen molar-refractivity contribution in [3.63, 3.8) is 0 Å². The van der Waals surface area contributed by atoms with Gasteiger partial charge >= 0.3 is 0 Å². The number of nitrogen functional groups attached to an aromatic ring is 1. The monoisotopic (exact) mass is 263 g/mol. The molecule has 1 unspecified atom stereocenters. The first-order chi connectivity index (χ1) is 8.58. The summed E-state index contributed by atoms with van der Waals surface area (Å²) < 4.78 is 1.15. The van der Waals surface area contributed by atoms with Gasteiger partial charge in [0.25, 0.3) is 0 Å². The second-order valence-electron chi connectivity index (χ2n) is 5.24. The standard InChI is InChI=1S/C14H21N3S/c1-9(2)4-5-10(3)17-11-6-7-12-14(13(11)15)16-8-18-12/h6-10,17H,4-5,15H2,1-3H3. The average molecular weight is 263 g/mol. The highest BCUT2D eigenvalue weighted by atomic mass is 32.1. The maximum atomic E-state index is 6.15. The van der Waals surface area contributed by atoms with Gasteiger partial charge in [0.15, 0.2) is 0 Å². The number of benzene rings is 1. The summed E-state index contributed by atoms with van der Waals surface area (Å²) in [4.78, 5) is 4.31. The van der Waals surface area contributed by atoms with E-state index < -0.39 is 0 Å². The Balaban J connectivity index is 2.09. The summed E-state index contributed by atoms with van der Waals surface area (Å²) in [5.74, 6) is 0.743. The third kappa shape index (κ3) is 2.93. The van der Waals surface area contributed by atoms with Gasteiger partial charge in [0.05, 0.1) is 21.6 Å². The van der Waals surface area contributed by atoms with E-state index in [9.17, 15) is 0 Å². The number of aromatic nitrogens is 1. The van der Waals surface area contributed by atoms with Crippen molar-refractivity contribution >= 4 is 32.9 Å². The molecule has 1 aromatic heterocycles. The maximum absolute atomic E-state index is 6.15. The molecule has 1 aromatic carbocycles. The van der Waals surface area contributed by atoms with E-state index in [1.807, 2.05) is 5.51 Å². The Morgan fingerprint density at radius 1 is 1.28 bits per heavy atom. The zero-order chi connectivity index (χ0) is 13.1. The largest absolute Gasteiger partial charge is 0.395 e. The summed E-state index contributed by atoms with van der Waals surface area (Å²) in [5.41, 5.74) is 10.7. The molecule has 0 aliphatic heterocycles. The number of hydrogen-bond acceptors (Lipinski definition) is 4. The molecule has 0 amide bonds. The van der Waals surface area contributed by atoms with Gasteiger partial charge in [-0.15, -0.1) is 11.3 Å². The molecule has 0 aliphatic rings. The highest BCUT2D eigenvalue weighted by Crippen LogP contribution is 2.30. The van der Waals surface area contributed by atoms with Crippen LogP contribution in [-0.2, 0) is 0 Å². The van der Waals surface area contributed by atoms with Gasteiger partial charge in [-0.05, 0) is 37.8 Å². The number of fused-ring (bicyclic) bond motifs is 1. The van der Waals surface area contributed by atoms with Crippen molar-refractivity contribution in [2.24, 2.45) is 5.92 Å². The third-order valence-electron chi connectivity index (χ3n) is 3.12. The first-order valence-corrected chi connectivity index (χ1v) is 7.34. The van der Waals surface area contributed by atoms with E-state index in [4.69, 9.17) is 5.73 Å². The van der Waals surface area contributed by atoms with E-state index in [1.165, 1.54) is 6.42 Å². The minimum atomic E-state index is 0.436. The Labute approximate surface area is 112 Å². The molecule has 2 aromatic rings. The quantitative estimate of drug-likeness (QED) is 0.798. The Morgan fingerprint density at radius 2 is 2.06 bits per heavy atom. The number of anilines is 2. The van der Waals surface area contributed by atoms with Crippen LogP contribution in [0.1, 0.15) is 33.6 Å². The molecule has 0 bridgehead atoms. The van der Waals surface area contributed by atoms with Crippen LogP contribution >= 0.6 is 11.3 Å². The number of nitrogens with zero attached hydrogens (tertiary/aromatic N) is 1. The molecular weight excluding hydrogens is 242 g/mol. The van der Waals surface area contributed by atoms with E-state index in [0.29, 0.717) is 6.04 Å². The van der Waals surface area contributed by atoms with Gasteiger partial charge in [0.2, 0.25) is 0 Å². The van der Waals surface area contributed by atoms with Gasteiger partial charge in [-0.2, -0.15) is 0 Å². The fourth-order valence-corrected chi connectivity index (χ4v) is 2.69. The second kappa shape index (κ2) is 5.57. The Bertz CT molecular complexity index is 519. The van der Waals surface area contributed by atoms with Crippen LogP contribution in [0.5, 0.6) is 0 Å². The summed E-state index contributed by atoms with van der Waals surface area (Å²) in [5, 5.41) is 3.49. The van der Waals surface area contributed by atoms with Crippen LogP contribution in [0, 0.1) is 5.92 Å². The molecule has 3 nitrogen and oxygen atoms in total. The van der Waals surface area contributed by atoms with Gasteiger partial charge in [-0.25, -0.2) is 4.98 Å². The third-order valence-corrected chi connectivity index (χ3v) is 3.91. The van der Waals surface area contributed by atoms with Crippen LogP contribution in [0.4, 0.5) is 11.4 Å². The fraction of sp³-hybridized carbons (Fsp3) is 0.500. The van der Waals surface area contributed by atoms with Crippen molar-refractivity contribution in [1.82, 2.24) is 4.98 Å². The topological polar surface area (TPSA) is 50.9 Å². The Hall–Kier alpha value is -1.29. The van der Waals surface area contributed by atoms with Gasteiger partial charge in [0.1, 0.15) is 5.52 Å². The first-order valence-electron chi connectivity index (χ1n) is 6.46. The molecule has 1 atom stereocenters. The van der Waals surface area contributed by atoms with Crippen LogP contribution in [0.15, 0.2) is 17.6 Å². The molecule has 0 spiro atoms. The van der Waals surface area contributed by atoms with Crippen molar-refractivity contribution < 1.29 is 0 Å². The van der Waals surface area contributed by atoms with E-state index in [-0.39, 0.29) is 0 Å². The lowest BCUT2D eigenvalue weighted by molar-refractivity contribution is 0.528. The molecule has 4 heteroatoms. The van der Waals surface area contributed by atoms with Crippen molar-refractivity contribution in [2.75, 3.05) is 11.1 Å². The summed E-state index contributed by atoms with van der Waals surface area (Å²) in [6.07, 6.45) is 2.39. The Kier molecular flexibility index (Phi) is 4.07. The first kappa shape index (κ1) is 13.1. The molecule has 18 heavy (non-hydrogen) atoms. The smallest absolute Gasteiger partial charge is 0.106 e. The molecule has 0 fully saturated rings. The van der Waals surface area contributed by atoms with Crippen LogP contribution in [0.2, 0.25) is 0 Å². The van der Waals surface area contributed by atoms with Gasteiger partial charge in [-0.3, -0.25) is 0 Å². The number of nitrogens with one attached hydrogen (secondary N) is 1. The highest BCUT2D eigenvalue weighted by molar-refractivity contribution is 7.16. The minimum absolute atomic E-state index is 0.436. The Morgan fingerprint density at radius 3 is 2.78 bits per heavy atom. The van der Waals surface area contributed by atoms with Crippen molar-refractivity contribution in [3.05, 3.63) is 17.6 Å². The molecule has 98 valence electrons. The second-order valence-corrected chi connectivity index (χ2v) is 6.13. The lowest BCUT2D eigenvalue weighted by Crippen LogP contribution is -2.16. The molecule has 0 radical (unpaired) electrons. The van der Waals surface area contributed by atoms with Gasteiger partial charge < -0.3 is 11.1 Å². The summed E-state index contributed by atoms with van der Waals surface area (Å²) in [7, 11) is 0. The summed E-state index contributed by atoms with van der Waals surface area (Å²) in [6, 6.07) is 4.58. The highest BCUT2D eigenvalue weighted by Gasteiger charge is 2.09. The average Bonchev–Trinajstić information content (AvgIpc) is 2.79. The van der Waals surface area contributed by atoms with E-state index >= 15 is 0 Å². The summed E-state index contributed by atoms with van der Waals surface area (Å²) >= 11 is 1.62. The summed E-state index contributed by atoms with van der Waals surface area (Å²) in [6.45, 7) is 6.71. The lowest BCUT2D eigenvalue weighted by atomic mass is 10.0. The van der Waals surface area contributed by atoms with Crippen molar-refractivity contribution in [1.29, 1.82) is 0 Å². The molecule has 0 saturated carbocycles.